The molecule has 80 valence electrons. The molecule has 0 amide bonds. The summed E-state index contributed by atoms with van der Waals surface area (Å²) in [5.41, 5.74) is 4.47. The summed E-state index contributed by atoms with van der Waals surface area (Å²) in [6.07, 6.45) is 3.49. The van der Waals surface area contributed by atoms with Crippen LogP contribution in [-0.2, 0) is 21.3 Å². The third-order valence-electron chi connectivity index (χ3n) is 2.53. The Morgan fingerprint density at radius 3 is 2.33 bits per heavy atom. The van der Waals surface area contributed by atoms with E-state index in [4.69, 9.17) is 0 Å². The fourth-order valence-electron chi connectivity index (χ4n) is 1.68. The van der Waals surface area contributed by atoms with E-state index in [1.54, 1.807) is 5.57 Å². The maximum absolute atomic E-state index is 2.45. The molecule has 15 heavy (non-hydrogen) atoms. The van der Waals surface area contributed by atoms with Crippen LogP contribution in [0.2, 0.25) is 0 Å². The monoisotopic (exact) mass is 502 g/mol. The van der Waals surface area contributed by atoms with Gasteiger partial charge in [-0.2, -0.15) is 0 Å². The van der Waals surface area contributed by atoms with Crippen molar-refractivity contribution in [2.24, 2.45) is 5.92 Å². The van der Waals surface area contributed by atoms with Crippen LogP contribution in [0.4, 0.5) is 0 Å². The molecule has 2 rings (SSSR count). The molecule has 0 aliphatic heterocycles. The number of fused-ring (bicyclic) bond motifs is 1. The number of rotatable bonds is 1. The van der Waals surface area contributed by atoms with Crippen LogP contribution in [0.5, 0.6) is 0 Å². The predicted molar refractivity (Wildman–Crippen MR) is 81.0 cm³/mol. The van der Waals surface area contributed by atoms with Gasteiger partial charge in [-0.25, -0.2) is 0 Å². The van der Waals surface area contributed by atoms with Gasteiger partial charge in [0.1, 0.15) is 0 Å². The second kappa shape index (κ2) is 7.59. The van der Waals surface area contributed by atoms with Crippen molar-refractivity contribution < 1.29 is 14.9 Å². The van der Waals surface area contributed by atoms with Crippen molar-refractivity contribution in [3.05, 3.63) is 41.0 Å². The Balaban J connectivity index is 0.000000337. The topological polar surface area (TPSA) is 0 Å². The summed E-state index contributed by atoms with van der Waals surface area (Å²) in [6.45, 7) is 4.52. The molecule has 1 aromatic rings. The minimum absolute atomic E-state index is 0.170. The van der Waals surface area contributed by atoms with Crippen LogP contribution < -0.4 is 0 Å². The Hall–Kier alpha value is 1.30. The molecule has 0 fully saturated rings. The number of allylic oxidation sites excluding steroid dienone is 1. The van der Waals surface area contributed by atoms with Gasteiger partial charge in [-0.1, -0.05) is 49.8 Å². The van der Waals surface area contributed by atoms with Crippen LogP contribution in [0, 0.1) is 5.92 Å². The van der Waals surface area contributed by atoms with Crippen molar-refractivity contribution in [1.82, 2.24) is 0 Å². The average Bonchev–Trinajstić information content (AvgIpc) is 2.62. The third-order valence-corrected chi connectivity index (χ3v) is 2.53. The van der Waals surface area contributed by atoms with Gasteiger partial charge in [0.15, 0.2) is 0 Å². The molecule has 1 aliphatic carbocycles. The van der Waals surface area contributed by atoms with Gasteiger partial charge in [0.05, 0.1) is 0 Å². The first-order valence-corrected chi connectivity index (χ1v) is 19.6. The molecule has 1 aliphatic rings. The molecule has 0 aromatic heterocycles. The van der Waals surface area contributed by atoms with Crippen molar-refractivity contribution in [2.45, 2.75) is 20.3 Å². The van der Waals surface area contributed by atoms with Gasteiger partial charge in [0, 0.05) is 0 Å². The number of hydrogen-bond donors (Lipinski definition) is 0. The molecule has 0 heterocycles. The van der Waals surface area contributed by atoms with Gasteiger partial charge in [-0.3, -0.25) is 0 Å². The Morgan fingerprint density at radius 2 is 1.80 bits per heavy atom. The summed E-state index contributed by atoms with van der Waals surface area (Å²) in [6, 6.07) is 8.65. The van der Waals surface area contributed by atoms with Crippen molar-refractivity contribution in [2.75, 3.05) is 0 Å². The van der Waals surface area contributed by atoms with Crippen molar-refractivity contribution in [3.8, 4) is 0 Å². The van der Waals surface area contributed by atoms with E-state index in [0.29, 0.717) is 5.92 Å². The van der Waals surface area contributed by atoms with Gasteiger partial charge < -0.3 is 0 Å². The number of hydrogen-bond acceptors (Lipinski definition) is 0. The summed E-state index contributed by atoms with van der Waals surface area (Å²) in [7, 11) is 0. The van der Waals surface area contributed by atoms with Gasteiger partial charge in [0.25, 0.3) is 0 Å². The maximum atomic E-state index is 2.45. The van der Waals surface area contributed by atoms with E-state index in [-0.39, 0.29) is 14.9 Å². The Kier molecular flexibility index (Phi) is 7.27. The standard InChI is InChI=1S/C12H14.2HI.Zr/c1-9(2)12-7-10-5-3-4-6-11(10)8-12;;;/h3-7,9H,8H2,1-2H3;2*1H;/q;;;+2/p-2. The fraction of sp³-hybridized carbons (Fsp3) is 0.333. The molecule has 0 saturated heterocycles. The zero-order valence-corrected chi connectivity index (χ0v) is 15.7. The van der Waals surface area contributed by atoms with E-state index >= 15 is 0 Å². The molecular weight excluding hydrogens is 489 g/mol. The molecule has 0 bridgehead atoms. The van der Waals surface area contributed by atoms with E-state index < -0.39 is 0 Å². The van der Waals surface area contributed by atoms with E-state index in [0.717, 1.165) is 6.42 Å². The van der Waals surface area contributed by atoms with Crippen LogP contribution >= 0.6 is 36.1 Å². The van der Waals surface area contributed by atoms with Gasteiger partial charge in [-0.05, 0) is 23.5 Å². The zero-order valence-electron chi connectivity index (χ0n) is 8.93. The minimum atomic E-state index is 0.170. The Bertz CT molecular complexity index is 345. The van der Waals surface area contributed by atoms with Crippen molar-refractivity contribution in [1.29, 1.82) is 0 Å². The Labute approximate surface area is 122 Å². The van der Waals surface area contributed by atoms with E-state index in [1.165, 1.54) is 11.1 Å². The summed E-state index contributed by atoms with van der Waals surface area (Å²) < 4.78 is 0. The molecule has 0 saturated carbocycles. The van der Waals surface area contributed by atoms with Crippen LogP contribution in [-0.4, -0.2) is 0 Å². The van der Waals surface area contributed by atoms with Crippen LogP contribution in [0.1, 0.15) is 25.0 Å². The van der Waals surface area contributed by atoms with Gasteiger partial charge in [-0.15, -0.1) is 0 Å². The fourth-order valence-corrected chi connectivity index (χ4v) is 1.68. The SMILES string of the molecule is CC(C)C1=Cc2ccccc2C1.[I][Zr][I]. The molecule has 0 nitrogen and oxygen atoms in total. The summed E-state index contributed by atoms with van der Waals surface area (Å²) in [4.78, 5) is 0. The van der Waals surface area contributed by atoms with Gasteiger partial charge >= 0.3 is 50.9 Å². The second-order valence-corrected chi connectivity index (χ2v) is 22.8. The molecule has 1 aromatic carbocycles. The first-order valence-electron chi connectivity index (χ1n) is 4.93. The van der Waals surface area contributed by atoms with E-state index in [1.807, 2.05) is 0 Å². The number of benzene rings is 1. The predicted octanol–water partition coefficient (Wildman–Crippen LogP) is 5.05. The molecule has 3 heteroatoms. The molecular formula is C12H14I2Zr. The third kappa shape index (κ3) is 4.59. The molecule has 0 spiro atoms. The first kappa shape index (κ1) is 14.4. The van der Waals surface area contributed by atoms with Crippen molar-refractivity contribution >= 4 is 42.2 Å². The summed E-state index contributed by atoms with van der Waals surface area (Å²) in [5, 5.41) is 0. The molecule has 0 N–H and O–H groups in total. The molecule has 0 radical (unpaired) electrons. The van der Waals surface area contributed by atoms with E-state index in [2.05, 4.69) is 80.3 Å². The van der Waals surface area contributed by atoms with Crippen molar-refractivity contribution in [3.63, 3.8) is 0 Å². The summed E-state index contributed by atoms with van der Waals surface area (Å²) >= 11 is 5.06. The normalized spacial score (nSPS) is 12.7. The average molecular weight is 503 g/mol. The zero-order chi connectivity index (χ0) is 11.3. The first-order chi connectivity index (χ1) is 7.19. The Morgan fingerprint density at radius 1 is 1.20 bits per heavy atom. The molecule has 0 atom stereocenters. The second-order valence-electron chi connectivity index (χ2n) is 3.82. The molecule has 0 unspecified atom stereocenters. The quantitative estimate of drug-likeness (QED) is 0.471. The number of halogens is 2. The summed E-state index contributed by atoms with van der Waals surface area (Å²) in [5.74, 6) is 0.692. The van der Waals surface area contributed by atoms with E-state index in [9.17, 15) is 0 Å². The van der Waals surface area contributed by atoms with Crippen LogP contribution in [0.15, 0.2) is 29.8 Å². The van der Waals surface area contributed by atoms with Crippen LogP contribution in [0.25, 0.3) is 6.08 Å². The van der Waals surface area contributed by atoms with Crippen LogP contribution in [0.3, 0.4) is 0 Å². The van der Waals surface area contributed by atoms with Gasteiger partial charge in [0.2, 0.25) is 0 Å².